The van der Waals surface area contributed by atoms with Gasteiger partial charge in [0.25, 0.3) is 0 Å². The zero-order chi connectivity index (χ0) is 26.4. The third kappa shape index (κ3) is 4.19. The van der Waals surface area contributed by atoms with Crippen LogP contribution in [0.2, 0.25) is 5.02 Å². The SMILES string of the molecule is Cc1ccc(C(=O)c2c(-c3ccc(Cl)cc3)c3c4n(c(COc5ccccc5F)nn24)CCCC3)c(C)c1. The van der Waals surface area contributed by atoms with E-state index in [1.165, 1.54) is 6.07 Å². The van der Waals surface area contributed by atoms with Crippen molar-refractivity contribution in [3.63, 3.8) is 0 Å². The summed E-state index contributed by atoms with van der Waals surface area (Å²) in [5.41, 5.74) is 7.00. The van der Waals surface area contributed by atoms with Crippen LogP contribution in [0.4, 0.5) is 4.39 Å². The Bertz CT molecular complexity index is 1680. The van der Waals surface area contributed by atoms with Gasteiger partial charge in [0.05, 0.1) is 0 Å². The van der Waals surface area contributed by atoms with E-state index >= 15 is 0 Å². The Labute approximate surface area is 225 Å². The first-order valence-corrected chi connectivity index (χ1v) is 13.2. The summed E-state index contributed by atoms with van der Waals surface area (Å²) < 4.78 is 24.0. The number of nitrogens with zero attached hydrogens (tertiary/aromatic N) is 3. The van der Waals surface area contributed by atoms with Crippen LogP contribution in [-0.2, 0) is 19.6 Å². The first kappa shape index (κ1) is 24.4. The van der Waals surface area contributed by atoms with E-state index in [0.29, 0.717) is 22.1 Å². The van der Waals surface area contributed by atoms with E-state index < -0.39 is 5.82 Å². The van der Waals surface area contributed by atoms with Crippen molar-refractivity contribution in [1.82, 2.24) is 14.2 Å². The zero-order valence-corrected chi connectivity index (χ0v) is 22.1. The molecule has 1 aliphatic rings. The molecule has 0 saturated carbocycles. The van der Waals surface area contributed by atoms with Crippen molar-refractivity contribution in [2.75, 3.05) is 0 Å². The molecule has 0 aliphatic carbocycles. The van der Waals surface area contributed by atoms with Crippen LogP contribution < -0.4 is 4.74 Å². The summed E-state index contributed by atoms with van der Waals surface area (Å²) in [4.78, 5) is 14.3. The molecular weight excluding hydrogens is 501 g/mol. The molecule has 2 aromatic heterocycles. The van der Waals surface area contributed by atoms with Gasteiger partial charge in [-0.15, -0.1) is 5.10 Å². The Morgan fingerprint density at radius 3 is 2.61 bits per heavy atom. The standard InChI is InChI=1S/C31H27ClFN3O2/c1-19-10-15-23(20(2)17-19)30(37)29-28(21-11-13-22(32)14-12-21)24-7-5-6-16-35-27(34-36(29)31(24)35)18-38-26-9-4-3-8-25(26)33/h3-4,8-15,17H,5-7,16,18H2,1-2H3. The molecule has 5 nitrogen and oxygen atoms in total. The molecular formula is C31H27ClFN3O2. The largest absolute Gasteiger partial charge is 0.483 e. The number of para-hydroxylation sites is 1. The maximum Gasteiger partial charge on any atom is 0.212 e. The van der Waals surface area contributed by atoms with E-state index in [2.05, 4.69) is 4.57 Å². The average Bonchev–Trinajstić information content (AvgIpc) is 3.30. The number of carbonyl (C=O) groups is 1. The van der Waals surface area contributed by atoms with E-state index in [0.717, 1.165) is 59.3 Å². The van der Waals surface area contributed by atoms with Gasteiger partial charge in [0, 0.05) is 28.3 Å². The second kappa shape index (κ2) is 9.76. The Morgan fingerprint density at radius 1 is 1.05 bits per heavy atom. The molecule has 0 radical (unpaired) electrons. The Balaban J connectivity index is 1.56. The number of benzene rings is 3. The maximum absolute atomic E-state index is 14.3. The van der Waals surface area contributed by atoms with Gasteiger partial charge in [-0.1, -0.05) is 59.6 Å². The van der Waals surface area contributed by atoms with Gasteiger partial charge in [-0.3, -0.25) is 4.79 Å². The quantitative estimate of drug-likeness (QED) is 0.217. The van der Waals surface area contributed by atoms with E-state index in [1.54, 1.807) is 22.7 Å². The fourth-order valence-electron chi connectivity index (χ4n) is 5.45. The summed E-state index contributed by atoms with van der Waals surface area (Å²) in [6.45, 7) is 4.82. The summed E-state index contributed by atoms with van der Waals surface area (Å²) >= 11 is 6.21. The van der Waals surface area contributed by atoms with E-state index in [1.807, 2.05) is 56.3 Å². The first-order valence-electron chi connectivity index (χ1n) is 12.8. The monoisotopic (exact) mass is 527 g/mol. The van der Waals surface area contributed by atoms with Crippen LogP contribution in [0.1, 0.15) is 51.4 Å². The lowest BCUT2D eigenvalue weighted by atomic mass is 9.93. The second-order valence-corrected chi connectivity index (χ2v) is 10.3. The smallest absolute Gasteiger partial charge is 0.212 e. The molecule has 38 heavy (non-hydrogen) atoms. The summed E-state index contributed by atoms with van der Waals surface area (Å²) in [6.07, 6.45) is 2.77. The lowest BCUT2D eigenvalue weighted by Crippen LogP contribution is -2.10. The highest BCUT2D eigenvalue weighted by molar-refractivity contribution is 6.30. The number of hydrogen-bond acceptors (Lipinski definition) is 3. The molecule has 6 rings (SSSR count). The van der Waals surface area contributed by atoms with Crippen LogP contribution in [-0.4, -0.2) is 20.0 Å². The van der Waals surface area contributed by atoms with E-state index in [9.17, 15) is 9.18 Å². The highest BCUT2D eigenvalue weighted by atomic mass is 35.5. The van der Waals surface area contributed by atoms with Crippen LogP contribution in [0, 0.1) is 19.7 Å². The van der Waals surface area contributed by atoms with Crippen LogP contribution in [0.3, 0.4) is 0 Å². The topological polar surface area (TPSA) is 48.5 Å². The van der Waals surface area contributed by atoms with Gasteiger partial charge < -0.3 is 9.30 Å². The first-order chi connectivity index (χ1) is 18.4. The number of aromatic nitrogens is 3. The molecule has 0 bridgehead atoms. The van der Waals surface area contributed by atoms with Crippen LogP contribution >= 0.6 is 11.6 Å². The summed E-state index contributed by atoms with van der Waals surface area (Å²) in [5.74, 6) is 0.331. The molecule has 0 unspecified atom stereocenters. The average molecular weight is 528 g/mol. The van der Waals surface area contributed by atoms with E-state index in [-0.39, 0.29) is 18.1 Å². The minimum atomic E-state index is -0.419. The van der Waals surface area contributed by atoms with Crippen LogP contribution in [0.25, 0.3) is 16.8 Å². The molecule has 5 aromatic rings. The van der Waals surface area contributed by atoms with Crippen molar-refractivity contribution in [3.8, 4) is 16.9 Å². The third-order valence-electron chi connectivity index (χ3n) is 7.23. The predicted molar refractivity (Wildman–Crippen MR) is 147 cm³/mol. The van der Waals surface area contributed by atoms with Gasteiger partial charge >= 0.3 is 0 Å². The minimum absolute atomic E-state index is 0.0829. The molecule has 0 saturated heterocycles. The summed E-state index contributed by atoms with van der Waals surface area (Å²) in [5, 5.41) is 5.55. The lowest BCUT2D eigenvalue weighted by molar-refractivity contribution is 0.103. The third-order valence-corrected chi connectivity index (χ3v) is 7.48. The van der Waals surface area contributed by atoms with Crippen LogP contribution in [0.15, 0.2) is 66.7 Å². The van der Waals surface area contributed by atoms with Crippen molar-refractivity contribution < 1.29 is 13.9 Å². The Hall–Kier alpha value is -3.90. The Morgan fingerprint density at radius 2 is 1.84 bits per heavy atom. The number of aryl methyl sites for hydroxylation is 4. The minimum Gasteiger partial charge on any atom is -0.483 e. The van der Waals surface area contributed by atoms with Crippen molar-refractivity contribution in [2.24, 2.45) is 0 Å². The van der Waals surface area contributed by atoms with Crippen molar-refractivity contribution in [3.05, 3.63) is 111 Å². The number of ketones is 1. The fourth-order valence-corrected chi connectivity index (χ4v) is 5.57. The maximum atomic E-state index is 14.3. The van der Waals surface area contributed by atoms with Gasteiger partial charge in [0.15, 0.2) is 17.4 Å². The number of rotatable bonds is 6. The molecule has 3 aromatic carbocycles. The molecule has 0 N–H and O–H groups in total. The number of carbonyl (C=O) groups excluding carboxylic acids is 1. The molecule has 0 spiro atoms. The fraction of sp³-hybridized carbons (Fsp3) is 0.226. The highest BCUT2D eigenvalue weighted by Crippen LogP contribution is 2.38. The number of halogens is 2. The molecule has 7 heteroatoms. The molecule has 0 amide bonds. The van der Waals surface area contributed by atoms with Gasteiger partial charge in [0.2, 0.25) is 5.78 Å². The second-order valence-electron chi connectivity index (χ2n) is 9.84. The van der Waals surface area contributed by atoms with Gasteiger partial charge in [0.1, 0.15) is 17.9 Å². The normalized spacial score (nSPS) is 13.1. The molecule has 192 valence electrons. The zero-order valence-electron chi connectivity index (χ0n) is 21.3. The molecule has 0 fully saturated rings. The number of hydrogen-bond donors (Lipinski definition) is 0. The van der Waals surface area contributed by atoms with Crippen LogP contribution in [0.5, 0.6) is 5.75 Å². The molecule has 1 aliphatic heterocycles. The highest BCUT2D eigenvalue weighted by Gasteiger charge is 2.31. The lowest BCUT2D eigenvalue weighted by Gasteiger charge is -2.11. The van der Waals surface area contributed by atoms with Gasteiger partial charge in [-0.05, 0) is 68.5 Å². The van der Waals surface area contributed by atoms with Gasteiger partial charge in [-0.25, -0.2) is 8.91 Å². The summed E-state index contributed by atoms with van der Waals surface area (Å²) in [6, 6.07) is 19.8. The molecule has 3 heterocycles. The predicted octanol–water partition coefficient (Wildman–Crippen LogP) is 7.36. The van der Waals surface area contributed by atoms with Crippen molar-refractivity contribution in [1.29, 1.82) is 0 Å². The van der Waals surface area contributed by atoms with Gasteiger partial charge in [-0.2, -0.15) is 0 Å². The van der Waals surface area contributed by atoms with E-state index in [4.69, 9.17) is 21.4 Å². The molecule has 0 atom stereocenters. The number of ether oxygens (including phenoxy) is 1. The summed E-state index contributed by atoms with van der Waals surface area (Å²) in [7, 11) is 0. The van der Waals surface area contributed by atoms with Crippen molar-refractivity contribution >= 4 is 23.0 Å². The van der Waals surface area contributed by atoms with Crippen molar-refractivity contribution in [2.45, 2.75) is 46.3 Å². The Kier molecular flexibility index (Phi) is 6.28.